The Morgan fingerprint density at radius 2 is 2.25 bits per heavy atom. The Balaban J connectivity index is 2.03. The van der Waals surface area contributed by atoms with Gasteiger partial charge in [0.2, 0.25) is 11.9 Å². The molecule has 0 aromatic carbocycles. The van der Waals surface area contributed by atoms with Crippen molar-refractivity contribution in [3.8, 4) is 12.1 Å². The van der Waals surface area contributed by atoms with Crippen LogP contribution in [0.3, 0.4) is 0 Å². The van der Waals surface area contributed by atoms with Gasteiger partial charge in [-0.3, -0.25) is 10.1 Å². The summed E-state index contributed by atoms with van der Waals surface area (Å²) < 4.78 is 0. The van der Waals surface area contributed by atoms with Gasteiger partial charge in [0, 0.05) is 5.38 Å². The lowest BCUT2D eigenvalue weighted by molar-refractivity contribution is -0.115. The molecule has 0 saturated heterocycles. The van der Waals surface area contributed by atoms with E-state index >= 15 is 0 Å². The highest BCUT2D eigenvalue weighted by Gasteiger charge is 2.13. The van der Waals surface area contributed by atoms with Crippen molar-refractivity contribution in [3.63, 3.8) is 0 Å². The molecule has 0 spiro atoms. The number of rotatable bonds is 4. The van der Waals surface area contributed by atoms with E-state index in [1.54, 1.807) is 12.1 Å². The number of carbonyl (C=O) groups excluding carboxylic acids is 1. The van der Waals surface area contributed by atoms with E-state index in [1.165, 1.54) is 11.3 Å². The van der Waals surface area contributed by atoms with Crippen molar-refractivity contribution in [2.24, 2.45) is 0 Å². The first-order valence-electron chi connectivity index (χ1n) is 5.79. The Bertz CT molecular complexity index is 686. The number of nitrogens with one attached hydrogen (secondary N) is 2. The number of nitrogens with zero attached hydrogens (tertiary/aromatic N) is 4. The quantitative estimate of drug-likeness (QED) is 0.879. The van der Waals surface area contributed by atoms with Gasteiger partial charge in [-0.2, -0.15) is 10.5 Å². The van der Waals surface area contributed by atoms with Gasteiger partial charge in [0.1, 0.15) is 12.1 Å². The van der Waals surface area contributed by atoms with Gasteiger partial charge in [-0.05, 0) is 6.42 Å². The van der Waals surface area contributed by atoms with Crippen LogP contribution in [0.2, 0.25) is 0 Å². The van der Waals surface area contributed by atoms with Crippen molar-refractivity contribution < 1.29 is 4.79 Å². The van der Waals surface area contributed by atoms with E-state index in [0.29, 0.717) is 5.69 Å². The van der Waals surface area contributed by atoms with E-state index in [-0.39, 0.29) is 29.7 Å². The highest BCUT2D eigenvalue weighted by molar-refractivity contribution is 7.09. The van der Waals surface area contributed by atoms with E-state index in [2.05, 4.69) is 20.3 Å². The zero-order chi connectivity index (χ0) is 14.5. The Morgan fingerprint density at radius 1 is 1.45 bits per heavy atom. The highest BCUT2D eigenvalue weighted by Crippen LogP contribution is 2.12. The first-order valence-corrected chi connectivity index (χ1v) is 6.67. The minimum absolute atomic E-state index is 0.0322. The number of aromatic amines is 1. The molecule has 7 nitrogen and oxygen atoms in total. The lowest BCUT2D eigenvalue weighted by Gasteiger charge is -1.98. The third-order valence-electron chi connectivity index (χ3n) is 2.42. The lowest BCUT2D eigenvalue weighted by atomic mass is 10.3. The lowest BCUT2D eigenvalue weighted by Crippen LogP contribution is -2.15. The number of amides is 1. The van der Waals surface area contributed by atoms with Gasteiger partial charge in [0.15, 0.2) is 11.4 Å². The van der Waals surface area contributed by atoms with Crippen molar-refractivity contribution in [1.29, 1.82) is 10.5 Å². The molecular weight excluding hydrogens is 276 g/mol. The van der Waals surface area contributed by atoms with Gasteiger partial charge in [-0.15, -0.1) is 11.3 Å². The molecule has 20 heavy (non-hydrogen) atoms. The molecule has 0 unspecified atom stereocenters. The van der Waals surface area contributed by atoms with Crippen molar-refractivity contribution in [2.45, 2.75) is 19.8 Å². The Morgan fingerprint density at radius 3 is 2.80 bits per heavy atom. The molecule has 0 fully saturated rings. The molecule has 0 aliphatic heterocycles. The number of hydrogen-bond donors (Lipinski definition) is 2. The number of anilines is 1. The molecule has 2 rings (SSSR count). The second kappa shape index (κ2) is 5.95. The molecule has 0 bridgehead atoms. The fourth-order valence-electron chi connectivity index (χ4n) is 1.53. The summed E-state index contributed by atoms with van der Waals surface area (Å²) in [4.78, 5) is 22.5. The average molecular weight is 286 g/mol. The third kappa shape index (κ3) is 2.99. The minimum atomic E-state index is -0.305. The van der Waals surface area contributed by atoms with E-state index in [1.807, 2.05) is 12.3 Å². The van der Waals surface area contributed by atoms with E-state index < -0.39 is 0 Å². The van der Waals surface area contributed by atoms with Crippen LogP contribution >= 0.6 is 11.3 Å². The van der Waals surface area contributed by atoms with Crippen LogP contribution in [0.1, 0.15) is 29.0 Å². The first-order chi connectivity index (χ1) is 9.66. The molecule has 0 radical (unpaired) electrons. The number of imidazole rings is 1. The molecule has 2 N–H and O–H groups in total. The molecule has 1 amide bonds. The second-order valence-corrected chi connectivity index (χ2v) is 4.79. The van der Waals surface area contributed by atoms with Crippen LogP contribution in [-0.2, 0) is 17.6 Å². The van der Waals surface area contributed by atoms with Gasteiger partial charge in [0.25, 0.3) is 0 Å². The Kier molecular flexibility index (Phi) is 4.08. The van der Waals surface area contributed by atoms with E-state index in [0.717, 1.165) is 11.4 Å². The van der Waals surface area contributed by atoms with Crippen LogP contribution in [0.25, 0.3) is 0 Å². The van der Waals surface area contributed by atoms with Crippen LogP contribution < -0.4 is 5.32 Å². The summed E-state index contributed by atoms with van der Waals surface area (Å²) >= 11 is 1.51. The Hall–Kier alpha value is -2.71. The monoisotopic (exact) mass is 286 g/mol. The number of thiazole rings is 1. The van der Waals surface area contributed by atoms with Crippen molar-refractivity contribution in [3.05, 3.63) is 27.5 Å². The fourth-order valence-corrected chi connectivity index (χ4v) is 2.27. The summed E-state index contributed by atoms with van der Waals surface area (Å²) in [5.74, 6) is -0.213. The van der Waals surface area contributed by atoms with Gasteiger partial charge in [-0.1, -0.05) is 6.92 Å². The number of aromatic nitrogens is 3. The molecule has 0 aliphatic rings. The van der Waals surface area contributed by atoms with Crippen LogP contribution in [0, 0.1) is 22.7 Å². The van der Waals surface area contributed by atoms with Gasteiger partial charge in [-0.25, -0.2) is 9.97 Å². The number of carbonyl (C=O) groups is 1. The molecule has 0 saturated carbocycles. The topological polar surface area (TPSA) is 118 Å². The second-order valence-electron chi connectivity index (χ2n) is 3.84. The maximum Gasteiger partial charge on any atom is 0.232 e. The molecule has 8 heteroatoms. The molecule has 2 heterocycles. The maximum atomic E-state index is 11.8. The molecule has 0 atom stereocenters. The molecule has 2 aromatic heterocycles. The fraction of sp³-hybridized carbons (Fsp3) is 0.250. The third-order valence-corrected chi connectivity index (χ3v) is 3.46. The van der Waals surface area contributed by atoms with Gasteiger partial charge in [0.05, 0.1) is 17.1 Å². The first kappa shape index (κ1) is 13.7. The minimum Gasteiger partial charge on any atom is -0.314 e. The van der Waals surface area contributed by atoms with E-state index in [9.17, 15) is 4.79 Å². The van der Waals surface area contributed by atoms with Crippen LogP contribution in [-0.4, -0.2) is 20.9 Å². The van der Waals surface area contributed by atoms with Crippen molar-refractivity contribution >= 4 is 23.2 Å². The zero-order valence-corrected chi connectivity index (χ0v) is 11.4. The average Bonchev–Trinajstić information content (AvgIpc) is 3.04. The van der Waals surface area contributed by atoms with Crippen LogP contribution in [0.4, 0.5) is 5.95 Å². The SMILES string of the molecule is CCc1nc(CC(=O)Nc2nc(C#N)c(C#N)[nH]2)cs1. The molecule has 100 valence electrons. The highest BCUT2D eigenvalue weighted by atomic mass is 32.1. The van der Waals surface area contributed by atoms with Crippen molar-refractivity contribution in [1.82, 2.24) is 15.0 Å². The van der Waals surface area contributed by atoms with Crippen molar-refractivity contribution in [2.75, 3.05) is 5.32 Å². The predicted octanol–water partition coefficient (Wildman–Crippen LogP) is 1.35. The summed E-state index contributed by atoms with van der Waals surface area (Å²) in [6.07, 6.45) is 0.961. The summed E-state index contributed by atoms with van der Waals surface area (Å²) in [6.45, 7) is 2.00. The zero-order valence-electron chi connectivity index (χ0n) is 10.6. The summed E-state index contributed by atoms with van der Waals surface area (Å²) in [5, 5.41) is 22.8. The van der Waals surface area contributed by atoms with Crippen LogP contribution in [0.5, 0.6) is 0 Å². The van der Waals surface area contributed by atoms with Gasteiger partial charge < -0.3 is 4.98 Å². The smallest absolute Gasteiger partial charge is 0.232 e. The number of H-pyrrole nitrogens is 1. The van der Waals surface area contributed by atoms with E-state index in [4.69, 9.17) is 10.5 Å². The molecule has 0 aliphatic carbocycles. The standard InChI is InChI=1S/C12H10N6OS/c1-2-11-15-7(6-20-11)3-10(19)18-12-16-8(4-13)9(5-14)17-12/h6H,2-3H2,1H3,(H2,16,17,18,19). The predicted molar refractivity (Wildman–Crippen MR) is 71.8 cm³/mol. The largest absolute Gasteiger partial charge is 0.314 e. The van der Waals surface area contributed by atoms with Gasteiger partial charge >= 0.3 is 0 Å². The van der Waals surface area contributed by atoms with Crippen LogP contribution in [0.15, 0.2) is 5.38 Å². The normalized spacial score (nSPS) is 9.75. The summed E-state index contributed by atoms with van der Waals surface area (Å²) in [6, 6.07) is 3.57. The maximum absolute atomic E-state index is 11.8. The number of hydrogen-bond acceptors (Lipinski definition) is 6. The molecule has 2 aromatic rings. The summed E-state index contributed by atoms with van der Waals surface area (Å²) in [5.41, 5.74) is 0.686. The number of nitriles is 2. The Labute approximate surface area is 118 Å². The summed E-state index contributed by atoms with van der Waals surface area (Å²) in [7, 11) is 0. The number of aryl methyl sites for hydroxylation is 1. The molecular formula is C12H10N6OS.